The Balaban J connectivity index is 2.03. The number of aliphatic hydroxyl groups excluding tert-OH is 1. The molecule has 8 nitrogen and oxygen atoms in total. The summed E-state index contributed by atoms with van der Waals surface area (Å²) < 4.78 is 23.7. The highest BCUT2D eigenvalue weighted by Gasteiger charge is 2.31. The molecule has 3 atom stereocenters. The van der Waals surface area contributed by atoms with E-state index in [1.165, 1.54) is 25.1 Å². The first kappa shape index (κ1) is 23.8. The lowest BCUT2D eigenvalue weighted by Crippen LogP contribution is -2.56. The molecule has 0 bridgehead atoms. The van der Waals surface area contributed by atoms with E-state index in [9.17, 15) is 23.9 Å². The van der Waals surface area contributed by atoms with Crippen LogP contribution in [0.2, 0.25) is 0 Å². The number of rotatable bonds is 9. The molecule has 0 saturated heterocycles. The monoisotopic (exact) mass is 432 g/mol. The van der Waals surface area contributed by atoms with Gasteiger partial charge in [-0.2, -0.15) is 0 Å². The Labute approximate surface area is 179 Å². The number of nitrogens with one attached hydrogen (secondary N) is 2. The van der Waals surface area contributed by atoms with Crippen LogP contribution in [-0.2, 0) is 32.1 Å². The first-order valence-corrected chi connectivity index (χ1v) is 9.58. The number of ether oxygens (including phenoxy) is 2. The summed E-state index contributed by atoms with van der Waals surface area (Å²) >= 11 is 0. The van der Waals surface area contributed by atoms with Crippen LogP contribution in [0.5, 0.6) is 0 Å². The molecule has 0 aliphatic rings. The second kappa shape index (κ2) is 11.7. The third-order valence-corrected chi connectivity index (χ3v) is 4.44. The fourth-order valence-corrected chi connectivity index (χ4v) is 2.78. The van der Waals surface area contributed by atoms with Crippen LogP contribution >= 0.6 is 0 Å². The topological polar surface area (TPSA) is 114 Å². The smallest absolute Gasteiger partial charge is 0.408 e. The lowest BCUT2D eigenvalue weighted by Gasteiger charge is -2.24. The molecule has 0 fully saturated rings. The minimum atomic E-state index is -1.41. The van der Waals surface area contributed by atoms with E-state index in [2.05, 4.69) is 15.4 Å². The van der Waals surface area contributed by atoms with Crippen LogP contribution < -0.4 is 10.6 Å². The maximum atomic E-state index is 14.0. The molecule has 0 unspecified atom stereocenters. The lowest BCUT2D eigenvalue weighted by molar-refractivity contribution is -0.145. The van der Waals surface area contributed by atoms with Crippen LogP contribution in [0, 0.1) is 5.82 Å². The average molecular weight is 432 g/mol. The molecule has 0 aliphatic heterocycles. The molecule has 0 heterocycles. The molecule has 0 spiro atoms. The number of esters is 1. The van der Waals surface area contributed by atoms with E-state index in [1.54, 1.807) is 30.3 Å². The van der Waals surface area contributed by atoms with Crippen molar-refractivity contribution in [3.63, 3.8) is 0 Å². The molecule has 0 radical (unpaired) electrons. The van der Waals surface area contributed by atoms with E-state index in [1.807, 2.05) is 6.07 Å². The molecule has 0 aromatic heterocycles. The number of aliphatic hydroxyl groups is 1. The normalized spacial score (nSPS) is 13.4. The second-order valence-electron chi connectivity index (χ2n) is 6.80. The van der Waals surface area contributed by atoms with Gasteiger partial charge in [0.25, 0.3) is 0 Å². The Morgan fingerprint density at radius 2 is 1.68 bits per heavy atom. The molecule has 3 N–H and O–H groups in total. The molecule has 9 heteroatoms. The van der Waals surface area contributed by atoms with Crippen LogP contribution in [0.4, 0.5) is 9.18 Å². The fourth-order valence-electron chi connectivity index (χ4n) is 2.78. The van der Waals surface area contributed by atoms with Gasteiger partial charge in [0.15, 0.2) is 0 Å². The molecule has 2 amide bonds. The summed E-state index contributed by atoms with van der Waals surface area (Å²) in [6.45, 7) is 1.27. The minimum Gasteiger partial charge on any atom is -0.467 e. The highest BCUT2D eigenvalue weighted by atomic mass is 19.1. The number of carbonyl (C=O) groups is 3. The number of hydrogen-bond acceptors (Lipinski definition) is 6. The van der Waals surface area contributed by atoms with Gasteiger partial charge in [-0.25, -0.2) is 14.0 Å². The van der Waals surface area contributed by atoms with E-state index in [0.717, 1.165) is 12.7 Å². The molecule has 2 rings (SSSR count). The van der Waals surface area contributed by atoms with Gasteiger partial charge in [0, 0.05) is 6.42 Å². The summed E-state index contributed by atoms with van der Waals surface area (Å²) in [7, 11) is 1.13. The molecule has 0 aliphatic carbocycles. The fraction of sp³-hybridized carbons (Fsp3) is 0.318. The van der Waals surface area contributed by atoms with E-state index in [0.29, 0.717) is 0 Å². The van der Waals surface area contributed by atoms with Crippen molar-refractivity contribution in [3.8, 4) is 0 Å². The van der Waals surface area contributed by atoms with Crippen LogP contribution in [0.25, 0.3) is 0 Å². The van der Waals surface area contributed by atoms with Crippen LogP contribution in [0.3, 0.4) is 0 Å². The molecule has 166 valence electrons. The molecular weight excluding hydrogens is 407 g/mol. The molecular formula is C22H25FN2O6. The highest BCUT2D eigenvalue weighted by Crippen LogP contribution is 2.11. The average Bonchev–Trinajstić information content (AvgIpc) is 2.76. The highest BCUT2D eigenvalue weighted by molar-refractivity contribution is 5.90. The number of benzene rings is 2. The number of hydrogen-bond donors (Lipinski definition) is 3. The Morgan fingerprint density at radius 1 is 1.03 bits per heavy atom. The van der Waals surface area contributed by atoms with Crippen LogP contribution in [0.15, 0.2) is 54.6 Å². The predicted octanol–water partition coefficient (Wildman–Crippen LogP) is 1.70. The Morgan fingerprint density at radius 3 is 2.29 bits per heavy atom. The van der Waals surface area contributed by atoms with E-state index >= 15 is 0 Å². The van der Waals surface area contributed by atoms with Crippen molar-refractivity contribution in [1.82, 2.24) is 10.6 Å². The first-order valence-electron chi connectivity index (χ1n) is 9.58. The van der Waals surface area contributed by atoms with Crippen LogP contribution in [0.1, 0.15) is 18.1 Å². The SMILES string of the molecule is COC(=O)[C@H](Cc1ccccc1F)NC(=O)[C@@H](NC(=O)OCc1ccccc1)[C@@H](C)O. The number of alkyl carbamates (subject to hydrolysis) is 1. The summed E-state index contributed by atoms with van der Waals surface area (Å²) in [6, 6.07) is 12.1. The van der Waals surface area contributed by atoms with Gasteiger partial charge in [-0.15, -0.1) is 0 Å². The Hall–Kier alpha value is -3.46. The van der Waals surface area contributed by atoms with Gasteiger partial charge in [0.1, 0.15) is 24.5 Å². The summed E-state index contributed by atoms with van der Waals surface area (Å²) in [5.41, 5.74) is 0.938. The van der Waals surface area contributed by atoms with Gasteiger partial charge >= 0.3 is 12.1 Å². The first-order chi connectivity index (χ1) is 14.8. The van der Waals surface area contributed by atoms with Crippen molar-refractivity contribution in [2.24, 2.45) is 0 Å². The minimum absolute atomic E-state index is 0.0289. The van der Waals surface area contributed by atoms with Gasteiger partial charge in [-0.1, -0.05) is 48.5 Å². The summed E-state index contributed by atoms with van der Waals surface area (Å²) in [4.78, 5) is 36.8. The predicted molar refractivity (Wildman–Crippen MR) is 109 cm³/mol. The molecule has 0 saturated carbocycles. The summed E-state index contributed by atoms with van der Waals surface area (Å²) in [6.07, 6.45) is -2.39. The van der Waals surface area contributed by atoms with Gasteiger partial charge in [0.2, 0.25) is 5.91 Å². The van der Waals surface area contributed by atoms with Crippen molar-refractivity contribution in [3.05, 3.63) is 71.5 Å². The van der Waals surface area contributed by atoms with E-state index in [4.69, 9.17) is 4.74 Å². The van der Waals surface area contributed by atoms with E-state index in [-0.39, 0.29) is 18.6 Å². The third kappa shape index (κ3) is 7.38. The third-order valence-electron chi connectivity index (χ3n) is 4.44. The van der Waals surface area contributed by atoms with Crippen LogP contribution in [-0.4, -0.2) is 48.4 Å². The number of carbonyl (C=O) groups excluding carboxylic acids is 3. The quantitative estimate of drug-likeness (QED) is 0.520. The molecule has 2 aromatic rings. The lowest BCUT2D eigenvalue weighted by atomic mass is 10.0. The van der Waals surface area contributed by atoms with Gasteiger partial charge in [0.05, 0.1) is 13.2 Å². The standard InChI is InChI=1S/C22H25FN2O6/c1-14(26)19(25-22(29)31-13-15-8-4-3-5-9-15)20(27)24-18(21(28)30-2)12-16-10-6-7-11-17(16)23/h3-11,14,18-19,26H,12-13H2,1-2H3,(H,24,27)(H,25,29)/t14-,18+,19+/m1/s1. The van der Waals surface area contributed by atoms with Crippen molar-refractivity contribution in [2.45, 2.75) is 38.1 Å². The summed E-state index contributed by atoms with van der Waals surface area (Å²) in [5.74, 6) is -2.19. The maximum absolute atomic E-state index is 14.0. The van der Waals surface area contributed by atoms with Crippen molar-refractivity contribution in [2.75, 3.05) is 7.11 Å². The molecule has 31 heavy (non-hydrogen) atoms. The number of halogens is 1. The van der Waals surface area contributed by atoms with Crippen molar-refractivity contribution < 1.29 is 33.4 Å². The zero-order chi connectivity index (χ0) is 22.8. The zero-order valence-electron chi connectivity index (χ0n) is 17.2. The van der Waals surface area contributed by atoms with Gasteiger partial charge in [-0.3, -0.25) is 4.79 Å². The largest absolute Gasteiger partial charge is 0.467 e. The van der Waals surface area contributed by atoms with Gasteiger partial charge in [-0.05, 0) is 24.1 Å². The number of methoxy groups -OCH3 is 1. The van der Waals surface area contributed by atoms with Crippen molar-refractivity contribution in [1.29, 1.82) is 0 Å². The Kier molecular flexibility index (Phi) is 8.95. The van der Waals surface area contributed by atoms with Crippen molar-refractivity contribution >= 4 is 18.0 Å². The van der Waals surface area contributed by atoms with Gasteiger partial charge < -0.3 is 25.2 Å². The second-order valence-corrected chi connectivity index (χ2v) is 6.80. The molecule has 2 aromatic carbocycles. The number of amides is 2. The zero-order valence-corrected chi connectivity index (χ0v) is 17.2. The Bertz CT molecular complexity index is 891. The van der Waals surface area contributed by atoms with E-state index < -0.39 is 42.0 Å². The summed E-state index contributed by atoms with van der Waals surface area (Å²) in [5, 5.41) is 14.6. The maximum Gasteiger partial charge on any atom is 0.408 e.